The van der Waals surface area contributed by atoms with Gasteiger partial charge in [-0.25, -0.2) is 0 Å². The summed E-state index contributed by atoms with van der Waals surface area (Å²) in [5.41, 5.74) is 0.885. The molecule has 0 aliphatic carbocycles. The summed E-state index contributed by atoms with van der Waals surface area (Å²) in [5, 5.41) is 0. The van der Waals surface area contributed by atoms with Crippen molar-refractivity contribution in [1.29, 1.82) is 0 Å². The van der Waals surface area contributed by atoms with Gasteiger partial charge in [-0.15, -0.1) is 12.6 Å². The molecule has 78 valence electrons. The van der Waals surface area contributed by atoms with Gasteiger partial charge in [0.25, 0.3) is 0 Å². The second-order valence-electron chi connectivity index (χ2n) is 3.64. The van der Waals surface area contributed by atoms with Crippen LogP contribution in [-0.4, -0.2) is 23.8 Å². The lowest BCUT2D eigenvalue weighted by Crippen LogP contribution is -2.25. The molecule has 1 aromatic rings. The molecule has 2 rings (SSSR count). The van der Waals surface area contributed by atoms with Gasteiger partial charge in [-0.1, -0.05) is 12.1 Å². The van der Waals surface area contributed by atoms with E-state index in [4.69, 9.17) is 0 Å². The Morgan fingerprint density at radius 2 is 1.87 bits per heavy atom. The number of carbonyl (C=O) groups excluding carboxylic acids is 2. The first-order valence-electron chi connectivity index (χ1n) is 4.69. The van der Waals surface area contributed by atoms with Crippen LogP contribution in [0.4, 0.5) is 0 Å². The summed E-state index contributed by atoms with van der Waals surface area (Å²) >= 11 is 4.17. The van der Waals surface area contributed by atoms with Crippen LogP contribution < -0.4 is 0 Å². The third-order valence-corrected chi connectivity index (χ3v) is 2.98. The number of benzene rings is 1. The van der Waals surface area contributed by atoms with Crippen molar-refractivity contribution in [2.45, 2.75) is 17.2 Å². The number of likely N-dealkylation sites (N-methyl/N-ethyl adjacent to an activating group) is 1. The number of nitrogens with zero attached hydrogens (tertiary/aromatic N) is 1. The Bertz CT molecular complexity index is 413. The number of thiol groups is 1. The van der Waals surface area contributed by atoms with Gasteiger partial charge in [-0.05, 0) is 17.7 Å². The Morgan fingerprint density at radius 3 is 2.33 bits per heavy atom. The molecule has 3 nitrogen and oxygen atoms in total. The van der Waals surface area contributed by atoms with E-state index in [2.05, 4.69) is 12.6 Å². The summed E-state index contributed by atoms with van der Waals surface area (Å²) in [7, 11) is 1.53. The van der Waals surface area contributed by atoms with E-state index in [1.807, 2.05) is 24.3 Å². The van der Waals surface area contributed by atoms with E-state index in [0.29, 0.717) is 0 Å². The normalized spacial score (nSPS) is 21.2. The lowest BCUT2D eigenvalue weighted by atomic mass is 9.98. The first-order chi connectivity index (χ1) is 7.09. The number of hydrogen-bond donors (Lipinski definition) is 1. The van der Waals surface area contributed by atoms with E-state index in [1.165, 1.54) is 11.9 Å². The van der Waals surface area contributed by atoms with E-state index >= 15 is 0 Å². The minimum atomic E-state index is -0.309. The monoisotopic (exact) mass is 221 g/mol. The van der Waals surface area contributed by atoms with Crippen LogP contribution in [0, 0.1) is 0 Å². The smallest absolute Gasteiger partial charge is 0.236 e. The quantitative estimate of drug-likeness (QED) is 0.575. The predicted molar refractivity (Wildman–Crippen MR) is 58.8 cm³/mol. The fourth-order valence-electron chi connectivity index (χ4n) is 1.72. The van der Waals surface area contributed by atoms with Gasteiger partial charge in [0.1, 0.15) is 0 Å². The van der Waals surface area contributed by atoms with E-state index in [0.717, 1.165) is 10.5 Å². The highest BCUT2D eigenvalue weighted by molar-refractivity contribution is 7.80. The summed E-state index contributed by atoms with van der Waals surface area (Å²) in [6, 6.07) is 7.34. The second-order valence-corrected chi connectivity index (χ2v) is 4.16. The molecule has 1 aromatic carbocycles. The number of hydrogen-bond acceptors (Lipinski definition) is 3. The Labute approximate surface area is 93.5 Å². The van der Waals surface area contributed by atoms with Gasteiger partial charge in [0.15, 0.2) is 0 Å². The summed E-state index contributed by atoms with van der Waals surface area (Å²) in [6.07, 6.45) is 0.279. The molecule has 15 heavy (non-hydrogen) atoms. The van der Waals surface area contributed by atoms with E-state index in [-0.39, 0.29) is 24.2 Å². The maximum Gasteiger partial charge on any atom is 0.236 e. The average molecular weight is 221 g/mol. The molecule has 0 N–H and O–H groups in total. The minimum Gasteiger partial charge on any atom is -0.285 e. The fraction of sp³-hybridized carbons (Fsp3) is 0.273. The van der Waals surface area contributed by atoms with Gasteiger partial charge in [0.05, 0.1) is 5.92 Å². The van der Waals surface area contributed by atoms with Crippen molar-refractivity contribution in [2.75, 3.05) is 7.05 Å². The minimum absolute atomic E-state index is 0.111. The van der Waals surface area contributed by atoms with Crippen LogP contribution in [0.1, 0.15) is 17.9 Å². The van der Waals surface area contributed by atoms with Crippen LogP contribution in [0.15, 0.2) is 29.2 Å². The van der Waals surface area contributed by atoms with Crippen molar-refractivity contribution in [2.24, 2.45) is 0 Å². The SMILES string of the molecule is CN1C(=O)CC(c2ccc(S)cc2)C1=O. The zero-order valence-corrected chi connectivity index (χ0v) is 9.20. The van der Waals surface area contributed by atoms with Gasteiger partial charge in [0.2, 0.25) is 11.8 Å². The summed E-state index contributed by atoms with van der Waals surface area (Å²) < 4.78 is 0. The highest BCUT2D eigenvalue weighted by Crippen LogP contribution is 2.28. The van der Waals surface area contributed by atoms with Crippen molar-refractivity contribution in [3.05, 3.63) is 29.8 Å². The summed E-state index contributed by atoms with van der Waals surface area (Å²) in [4.78, 5) is 25.1. The number of likely N-dealkylation sites (tertiary alicyclic amines) is 1. The Balaban J connectivity index is 2.29. The standard InChI is InChI=1S/C11H11NO2S/c1-12-10(13)6-9(11(12)14)7-2-4-8(15)5-3-7/h2-5,9,15H,6H2,1H3. The topological polar surface area (TPSA) is 37.4 Å². The van der Waals surface area contributed by atoms with Crippen LogP contribution in [0.25, 0.3) is 0 Å². The largest absolute Gasteiger partial charge is 0.285 e. The van der Waals surface area contributed by atoms with Gasteiger partial charge in [-0.2, -0.15) is 0 Å². The zero-order valence-electron chi connectivity index (χ0n) is 8.30. The first-order valence-corrected chi connectivity index (χ1v) is 5.13. The third kappa shape index (κ3) is 1.77. The van der Waals surface area contributed by atoms with Crippen LogP contribution in [0.3, 0.4) is 0 Å². The molecule has 0 bridgehead atoms. The molecule has 1 unspecified atom stereocenters. The molecule has 1 aliphatic rings. The molecular formula is C11H11NO2S. The van der Waals surface area contributed by atoms with Crippen LogP contribution in [0.2, 0.25) is 0 Å². The number of imide groups is 1. The van der Waals surface area contributed by atoms with Gasteiger partial charge in [0, 0.05) is 18.4 Å². The predicted octanol–water partition coefficient (Wildman–Crippen LogP) is 1.45. The Kier molecular flexibility index (Phi) is 2.52. The van der Waals surface area contributed by atoms with Crippen molar-refractivity contribution >= 4 is 24.4 Å². The molecule has 0 aromatic heterocycles. The van der Waals surface area contributed by atoms with Crippen LogP contribution >= 0.6 is 12.6 Å². The van der Waals surface area contributed by atoms with Crippen molar-refractivity contribution < 1.29 is 9.59 Å². The molecule has 1 heterocycles. The lowest BCUT2D eigenvalue weighted by Gasteiger charge is -2.08. The molecule has 1 saturated heterocycles. The lowest BCUT2D eigenvalue weighted by molar-refractivity contribution is -0.137. The number of carbonyl (C=O) groups is 2. The average Bonchev–Trinajstić information content (AvgIpc) is 2.47. The van der Waals surface area contributed by atoms with E-state index in [1.54, 1.807) is 0 Å². The fourth-order valence-corrected chi connectivity index (χ4v) is 1.87. The number of rotatable bonds is 1. The number of amides is 2. The first kappa shape index (κ1) is 10.2. The Hall–Kier alpha value is -1.29. The van der Waals surface area contributed by atoms with Crippen LogP contribution in [-0.2, 0) is 9.59 Å². The maximum absolute atomic E-state index is 11.7. The second kappa shape index (κ2) is 3.70. The molecule has 1 aliphatic heterocycles. The van der Waals surface area contributed by atoms with E-state index < -0.39 is 0 Å². The third-order valence-electron chi connectivity index (χ3n) is 2.68. The van der Waals surface area contributed by atoms with Gasteiger partial charge in [-0.3, -0.25) is 14.5 Å². The molecule has 0 radical (unpaired) electrons. The highest BCUT2D eigenvalue weighted by Gasteiger charge is 2.36. The molecule has 0 spiro atoms. The van der Waals surface area contributed by atoms with Gasteiger partial charge < -0.3 is 0 Å². The molecule has 0 saturated carbocycles. The Morgan fingerprint density at radius 1 is 1.27 bits per heavy atom. The van der Waals surface area contributed by atoms with Crippen molar-refractivity contribution in [3.8, 4) is 0 Å². The summed E-state index contributed by atoms with van der Waals surface area (Å²) in [6.45, 7) is 0. The molecule has 1 fully saturated rings. The van der Waals surface area contributed by atoms with E-state index in [9.17, 15) is 9.59 Å². The van der Waals surface area contributed by atoms with Crippen molar-refractivity contribution in [1.82, 2.24) is 4.90 Å². The van der Waals surface area contributed by atoms with Gasteiger partial charge >= 0.3 is 0 Å². The zero-order chi connectivity index (χ0) is 11.0. The van der Waals surface area contributed by atoms with Crippen molar-refractivity contribution in [3.63, 3.8) is 0 Å². The molecule has 4 heteroatoms. The maximum atomic E-state index is 11.7. The molecule has 2 amide bonds. The molecular weight excluding hydrogens is 210 g/mol. The highest BCUT2D eigenvalue weighted by atomic mass is 32.1. The summed E-state index contributed by atoms with van der Waals surface area (Å²) in [5.74, 6) is -0.539. The molecule has 1 atom stereocenters. The van der Waals surface area contributed by atoms with Crippen LogP contribution in [0.5, 0.6) is 0 Å².